The van der Waals surface area contributed by atoms with Crippen LogP contribution in [0.2, 0.25) is 0 Å². The normalized spacial score (nSPS) is 7.20. The molecule has 6 heteroatoms. The average molecular weight is 160 g/mol. The van der Waals surface area contributed by atoms with E-state index in [0.29, 0.717) is 12.0 Å². The number of nitrogens with zero attached hydrogens (tertiary/aromatic N) is 1. The van der Waals surface area contributed by atoms with E-state index in [1.54, 1.807) is 0 Å². The summed E-state index contributed by atoms with van der Waals surface area (Å²) in [4.78, 5) is 16.0. The van der Waals surface area contributed by atoms with Crippen LogP contribution in [0.4, 0.5) is 0 Å². The molecule has 0 saturated carbocycles. The number of hydrogen-bond donors (Lipinski definition) is 1. The second-order valence-electron chi connectivity index (χ2n) is 1.18. The van der Waals surface area contributed by atoms with Crippen molar-refractivity contribution in [2.45, 2.75) is 0 Å². The molecule has 0 radical (unpaired) electrons. The van der Waals surface area contributed by atoms with Gasteiger partial charge in [0.1, 0.15) is 5.69 Å². The smallest absolute Gasteiger partial charge is 0.335 e. The van der Waals surface area contributed by atoms with Crippen LogP contribution in [0.3, 0.4) is 0 Å². The molecule has 1 N–H and O–H groups in total. The zero-order chi connectivity index (χ0) is 7.82. The number of carbonyl (C=O) groups excluding carboxylic acids is 1. The third kappa shape index (κ3) is 3.67. The molecule has 0 atom stereocenters. The predicted molar refractivity (Wildman–Crippen MR) is 32.9 cm³/mol. The molecule has 1 aromatic rings. The number of aromatic nitrogens is 2. The van der Waals surface area contributed by atoms with Crippen molar-refractivity contribution < 1.29 is 13.2 Å². The van der Waals surface area contributed by atoms with Crippen LogP contribution in [0, 0.1) is 0 Å². The SMILES string of the molecule is O=Cc1c[nH]cn1.O=S=O. The highest BCUT2D eigenvalue weighted by Gasteiger charge is 1.83. The molecular weight excluding hydrogens is 156 g/mol. The first-order valence-electron chi connectivity index (χ1n) is 2.21. The molecule has 0 aliphatic rings. The van der Waals surface area contributed by atoms with Crippen molar-refractivity contribution in [3.63, 3.8) is 0 Å². The lowest BCUT2D eigenvalue weighted by Crippen LogP contribution is -1.72. The first kappa shape index (κ1) is 8.70. The summed E-state index contributed by atoms with van der Waals surface area (Å²) in [6, 6.07) is 0. The van der Waals surface area contributed by atoms with E-state index in [2.05, 4.69) is 9.97 Å². The number of aldehydes is 1. The Morgan fingerprint density at radius 2 is 2.20 bits per heavy atom. The lowest BCUT2D eigenvalue weighted by Gasteiger charge is -1.64. The minimum absolute atomic E-state index is 0.444. The van der Waals surface area contributed by atoms with Gasteiger partial charge in [0.05, 0.1) is 6.33 Å². The van der Waals surface area contributed by atoms with E-state index in [1.165, 1.54) is 12.5 Å². The first-order chi connectivity index (χ1) is 4.85. The molecule has 5 nitrogen and oxygen atoms in total. The van der Waals surface area contributed by atoms with Gasteiger partial charge in [-0.3, -0.25) is 4.79 Å². The Hall–Kier alpha value is -1.30. The fourth-order valence-corrected chi connectivity index (χ4v) is 0.336. The largest absolute Gasteiger partial charge is 0.350 e. The summed E-state index contributed by atoms with van der Waals surface area (Å²) in [6.07, 6.45) is 3.69. The maximum absolute atomic E-state index is 9.79. The zero-order valence-corrected chi connectivity index (χ0v) is 5.63. The van der Waals surface area contributed by atoms with E-state index >= 15 is 0 Å². The average Bonchev–Trinajstić information content (AvgIpc) is 2.39. The Labute approximate surface area is 60.1 Å². The minimum atomic E-state index is -0.750. The highest BCUT2D eigenvalue weighted by atomic mass is 32.1. The van der Waals surface area contributed by atoms with Crippen LogP contribution < -0.4 is 0 Å². The monoisotopic (exact) mass is 160 g/mol. The number of aromatic amines is 1. The van der Waals surface area contributed by atoms with Crippen molar-refractivity contribution in [1.29, 1.82) is 0 Å². The van der Waals surface area contributed by atoms with Gasteiger partial charge < -0.3 is 4.98 Å². The summed E-state index contributed by atoms with van der Waals surface area (Å²) in [6.45, 7) is 0. The van der Waals surface area contributed by atoms with Gasteiger partial charge in [0.25, 0.3) is 0 Å². The van der Waals surface area contributed by atoms with Gasteiger partial charge in [-0.05, 0) is 0 Å². The lowest BCUT2D eigenvalue weighted by molar-refractivity contribution is 0.111. The zero-order valence-electron chi connectivity index (χ0n) is 4.81. The van der Waals surface area contributed by atoms with Crippen LogP contribution >= 0.6 is 0 Å². The third-order valence-electron chi connectivity index (χ3n) is 0.640. The number of imidazole rings is 1. The highest BCUT2D eigenvalue weighted by Crippen LogP contribution is 1.80. The fraction of sp³-hybridized carbons (Fsp3) is 0. The van der Waals surface area contributed by atoms with Crippen molar-refractivity contribution in [2.75, 3.05) is 0 Å². The van der Waals surface area contributed by atoms with Crippen LogP contribution in [0.15, 0.2) is 12.5 Å². The Morgan fingerprint density at radius 1 is 1.60 bits per heavy atom. The van der Waals surface area contributed by atoms with Gasteiger partial charge >= 0.3 is 11.6 Å². The fourth-order valence-electron chi connectivity index (χ4n) is 0.336. The van der Waals surface area contributed by atoms with Gasteiger partial charge in [0.15, 0.2) is 6.29 Å². The number of H-pyrrole nitrogens is 1. The van der Waals surface area contributed by atoms with Crippen molar-refractivity contribution in [3.8, 4) is 0 Å². The minimum Gasteiger partial charge on any atom is -0.350 e. The van der Waals surface area contributed by atoms with E-state index < -0.39 is 11.6 Å². The molecule has 1 rings (SSSR count). The van der Waals surface area contributed by atoms with Crippen LogP contribution in [-0.2, 0) is 11.6 Å². The number of hydrogen-bond acceptors (Lipinski definition) is 4. The van der Waals surface area contributed by atoms with Crippen molar-refractivity contribution in [2.24, 2.45) is 0 Å². The van der Waals surface area contributed by atoms with E-state index in [9.17, 15) is 4.79 Å². The molecule has 0 aliphatic heterocycles. The molecule has 0 unspecified atom stereocenters. The van der Waals surface area contributed by atoms with E-state index in [0.717, 1.165) is 0 Å². The first-order valence-corrected chi connectivity index (χ1v) is 2.87. The molecular formula is C4H4N2O3S. The Morgan fingerprint density at radius 3 is 2.40 bits per heavy atom. The van der Waals surface area contributed by atoms with Gasteiger partial charge in [-0.25, -0.2) is 4.98 Å². The molecule has 0 aromatic carbocycles. The van der Waals surface area contributed by atoms with Crippen LogP contribution in [0.1, 0.15) is 10.5 Å². The molecule has 1 heterocycles. The summed E-state index contributed by atoms with van der Waals surface area (Å²) >= 11 is -0.750. The quantitative estimate of drug-likeness (QED) is 0.564. The van der Waals surface area contributed by atoms with Gasteiger partial charge in [-0.15, -0.1) is 0 Å². The van der Waals surface area contributed by atoms with Gasteiger partial charge in [0.2, 0.25) is 0 Å². The van der Waals surface area contributed by atoms with Crippen LogP contribution in [0.25, 0.3) is 0 Å². The Balaban J connectivity index is 0.000000236. The Bertz CT molecular complexity index is 214. The van der Waals surface area contributed by atoms with Gasteiger partial charge in [0, 0.05) is 6.20 Å². The summed E-state index contributed by atoms with van der Waals surface area (Å²) in [5, 5.41) is 0. The molecule has 0 aliphatic carbocycles. The molecule has 1 aromatic heterocycles. The van der Waals surface area contributed by atoms with Gasteiger partial charge in [-0.1, -0.05) is 0 Å². The summed E-state index contributed by atoms with van der Waals surface area (Å²) < 4.78 is 16.6. The predicted octanol–water partition coefficient (Wildman–Crippen LogP) is -0.448. The van der Waals surface area contributed by atoms with E-state index in [-0.39, 0.29) is 0 Å². The lowest BCUT2D eigenvalue weighted by atomic mass is 10.6. The third-order valence-corrected chi connectivity index (χ3v) is 0.640. The second-order valence-corrected chi connectivity index (χ2v) is 1.32. The highest BCUT2D eigenvalue weighted by molar-refractivity contribution is 7.51. The summed E-state index contributed by atoms with van der Waals surface area (Å²) in [7, 11) is 0. The number of carbonyl (C=O) groups is 1. The van der Waals surface area contributed by atoms with Crippen molar-refractivity contribution >= 4 is 17.9 Å². The maximum Gasteiger partial charge on any atom is 0.335 e. The van der Waals surface area contributed by atoms with Crippen LogP contribution in [0.5, 0.6) is 0 Å². The second kappa shape index (κ2) is 5.83. The standard InChI is InChI=1S/C4H4N2O.O2S/c7-2-4-1-5-3-6-4;1-3-2/h1-3H,(H,5,6);. The topological polar surface area (TPSA) is 79.9 Å². The molecule has 0 spiro atoms. The van der Waals surface area contributed by atoms with Crippen molar-refractivity contribution in [3.05, 3.63) is 18.2 Å². The molecule has 0 saturated heterocycles. The molecule has 0 fully saturated rings. The number of rotatable bonds is 1. The maximum atomic E-state index is 9.79. The summed E-state index contributed by atoms with van der Waals surface area (Å²) in [5.41, 5.74) is 0.444. The number of nitrogens with one attached hydrogen (secondary N) is 1. The van der Waals surface area contributed by atoms with Crippen molar-refractivity contribution in [1.82, 2.24) is 9.97 Å². The Kier molecular flexibility index (Phi) is 5.07. The molecule has 0 amide bonds. The molecule has 10 heavy (non-hydrogen) atoms. The van der Waals surface area contributed by atoms with Gasteiger partial charge in [-0.2, -0.15) is 8.42 Å². The van der Waals surface area contributed by atoms with E-state index in [4.69, 9.17) is 8.42 Å². The molecule has 54 valence electrons. The van der Waals surface area contributed by atoms with E-state index in [1.807, 2.05) is 0 Å². The molecule has 0 bridgehead atoms. The van der Waals surface area contributed by atoms with Crippen LogP contribution in [-0.4, -0.2) is 24.7 Å². The summed E-state index contributed by atoms with van der Waals surface area (Å²) in [5.74, 6) is 0.